The minimum Gasteiger partial charge on any atom is -0.508 e. The van der Waals surface area contributed by atoms with Crippen LogP contribution in [0.2, 0.25) is 0 Å². The summed E-state index contributed by atoms with van der Waals surface area (Å²) in [6, 6.07) is 29.9. The van der Waals surface area contributed by atoms with Crippen molar-refractivity contribution in [2.24, 2.45) is 23.7 Å². The van der Waals surface area contributed by atoms with Gasteiger partial charge >= 0.3 is 0 Å². The number of imide groups is 2. The maximum atomic E-state index is 15.2. The Labute approximate surface area is 289 Å². The first kappa shape index (κ1) is 31.4. The van der Waals surface area contributed by atoms with Crippen LogP contribution in [0.25, 0.3) is 0 Å². The summed E-state index contributed by atoms with van der Waals surface area (Å²) in [5, 5.41) is 12.5. The normalized spacial score (nSPS) is 27.1. The number of Topliss-reactive ketones (excluding diaryl/α,β-unsaturated/α-hetero) is 1. The lowest BCUT2D eigenvalue weighted by Crippen LogP contribution is -2.53. The monoisotopic (exact) mass is 665 g/mol. The van der Waals surface area contributed by atoms with Crippen LogP contribution < -0.4 is 10.3 Å². The fourth-order valence-electron chi connectivity index (χ4n) is 8.92. The molecule has 4 aromatic rings. The molecule has 0 unspecified atom stereocenters. The second kappa shape index (κ2) is 11.7. The van der Waals surface area contributed by atoms with Gasteiger partial charge in [-0.2, -0.15) is 5.01 Å². The van der Waals surface area contributed by atoms with E-state index in [9.17, 15) is 24.3 Å². The Morgan fingerprint density at radius 3 is 2.16 bits per heavy atom. The first-order valence-corrected chi connectivity index (χ1v) is 16.9. The lowest BCUT2D eigenvalue weighted by Gasteiger charge is -2.50. The zero-order valence-corrected chi connectivity index (χ0v) is 27.6. The van der Waals surface area contributed by atoms with Crippen molar-refractivity contribution < 1.29 is 29.1 Å². The maximum Gasteiger partial charge on any atom is 0.260 e. The van der Waals surface area contributed by atoms with Gasteiger partial charge in [0.15, 0.2) is 5.78 Å². The van der Waals surface area contributed by atoms with Gasteiger partial charge in [-0.05, 0) is 80.6 Å². The first-order chi connectivity index (χ1) is 24.1. The van der Waals surface area contributed by atoms with Crippen molar-refractivity contribution in [1.82, 2.24) is 5.01 Å². The van der Waals surface area contributed by atoms with E-state index in [1.165, 1.54) is 11.8 Å². The second-order valence-corrected chi connectivity index (χ2v) is 13.8. The molecule has 0 radical (unpaired) electrons. The summed E-state index contributed by atoms with van der Waals surface area (Å²) >= 11 is 0. The molecule has 9 heteroatoms. The lowest BCUT2D eigenvalue weighted by molar-refractivity contribution is -0.138. The number of rotatable bonds is 6. The van der Waals surface area contributed by atoms with Crippen LogP contribution >= 0.6 is 0 Å². The van der Waals surface area contributed by atoms with E-state index in [0.29, 0.717) is 28.1 Å². The summed E-state index contributed by atoms with van der Waals surface area (Å²) in [4.78, 5) is 71.4. The molecule has 6 atom stereocenters. The van der Waals surface area contributed by atoms with Crippen molar-refractivity contribution in [3.63, 3.8) is 0 Å². The molecular weight excluding hydrogens is 630 g/mol. The number of ketones is 1. The number of carbonyl (C=O) groups excluding carboxylic acids is 5. The number of anilines is 2. The molecule has 8 rings (SSSR count). The van der Waals surface area contributed by atoms with Crippen molar-refractivity contribution in [2.75, 3.05) is 10.3 Å². The number of carbonyl (C=O) groups is 5. The molecule has 4 aliphatic rings. The summed E-state index contributed by atoms with van der Waals surface area (Å²) < 4.78 is 0. The molecular formula is C41H35N3O6. The number of amides is 4. The van der Waals surface area contributed by atoms with Gasteiger partial charge in [-0.1, -0.05) is 77.9 Å². The molecule has 4 amide bonds. The highest BCUT2D eigenvalue weighted by molar-refractivity contribution is 6.22. The second-order valence-electron chi connectivity index (χ2n) is 13.8. The number of benzene rings is 4. The van der Waals surface area contributed by atoms with E-state index in [4.69, 9.17) is 0 Å². The van der Waals surface area contributed by atoms with Crippen LogP contribution in [0.5, 0.6) is 5.75 Å². The molecule has 0 aromatic heterocycles. The summed E-state index contributed by atoms with van der Waals surface area (Å²) in [5.74, 6) is -5.48. The van der Waals surface area contributed by atoms with E-state index in [2.05, 4.69) is 5.43 Å². The Balaban J connectivity index is 1.29. The van der Waals surface area contributed by atoms with Gasteiger partial charge < -0.3 is 5.11 Å². The molecule has 2 aliphatic carbocycles. The predicted molar refractivity (Wildman–Crippen MR) is 186 cm³/mol. The molecule has 2 saturated heterocycles. The fraction of sp³-hybridized carbons (Fsp3) is 0.244. The number of aromatic hydroxyl groups is 1. The largest absolute Gasteiger partial charge is 0.508 e. The van der Waals surface area contributed by atoms with Crippen LogP contribution in [0, 0.1) is 30.6 Å². The van der Waals surface area contributed by atoms with Gasteiger partial charge in [0.2, 0.25) is 11.8 Å². The van der Waals surface area contributed by atoms with Gasteiger partial charge in [0.25, 0.3) is 11.8 Å². The third kappa shape index (κ3) is 4.49. The lowest BCUT2D eigenvalue weighted by atomic mass is 9.49. The molecule has 250 valence electrons. The van der Waals surface area contributed by atoms with Gasteiger partial charge in [-0.15, -0.1) is 0 Å². The molecule has 2 aliphatic heterocycles. The Morgan fingerprint density at radius 1 is 0.800 bits per heavy atom. The minimum atomic E-state index is -1.46. The maximum absolute atomic E-state index is 15.2. The van der Waals surface area contributed by atoms with Gasteiger partial charge in [-0.25, -0.2) is 0 Å². The number of allylic oxidation sites excluding steroid dienone is 2. The molecule has 9 nitrogen and oxygen atoms in total. The Hall–Kier alpha value is -5.83. The number of hydrogen-bond acceptors (Lipinski definition) is 7. The summed E-state index contributed by atoms with van der Waals surface area (Å²) in [6.07, 6.45) is 2.38. The average molecular weight is 666 g/mol. The number of phenolic OH excluding ortho intramolecular Hbond substituents is 1. The molecule has 2 N–H and O–H groups in total. The standard InChI is InChI=1S/C41H35N3O6/c1-23-12-16-27(17-13-23)42-44-38(48)33-22-32-29(20-21-31-35(32)39(49)43(37(31)47)28-18-14-25(15-19-28)24(2)45)36(30-10-6-7-11-34(30)46)41(33,40(44)50)26-8-4-3-5-9-26/h3-20,31-33,35-36,42,46H,21-22H2,1-2H3/t31-,32+,33-,35-,36+,41+/m0/s1. The molecule has 2 heterocycles. The molecule has 4 aromatic carbocycles. The summed E-state index contributed by atoms with van der Waals surface area (Å²) in [5.41, 5.74) is 5.94. The van der Waals surface area contributed by atoms with Crippen molar-refractivity contribution in [3.05, 3.63) is 137 Å². The van der Waals surface area contributed by atoms with Crippen LogP contribution in [0.4, 0.5) is 11.4 Å². The molecule has 0 spiro atoms. The van der Waals surface area contributed by atoms with Gasteiger partial charge in [0.05, 0.1) is 34.5 Å². The zero-order valence-electron chi connectivity index (χ0n) is 27.6. The number of nitrogens with one attached hydrogen (secondary N) is 1. The first-order valence-electron chi connectivity index (χ1n) is 16.9. The minimum absolute atomic E-state index is 0.0264. The van der Waals surface area contributed by atoms with Crippen LogP contribution in [-0.4, -0.2) is 39.5 Å². The van der Waals surface area contributed by atoms with E-state index in [-0.39, 0.29) is 36.2 Å². The van der Waals surface area contributed by atoms with E-state index in [0.717, 1.165) is 16.1 Å². The van der Waals surface area contributed by atoms with E-state index in [1.54, 1.807) is 60.7 Å². The van der Waals surface area contributed by atoms with Crippen LogP contribution in [0.15, 0.2) is 115 Å². The zero-order chi connectivity index (χ0) is 34.9. The quantitative estimate of drug-likeness (QED) is 0.145. The van der Waals surface area contributed by atoms with Gasteiger partial charge in [0, 0.05) is 17.0 Å². The third-order valence-corrected chi connectivity index (χ3v) is 11.2. The summed E-state index contributed by atoms with van der Waals surface area (Å²) in [7, 11) is 0. The Morgan fingerprint density at radius 2 is 1.48 bits per heavy atom. The van der Waals surface area contributed by atoms with Crippen molar-refractivity contribution in [1.29, 1.82) is 0 Å². The molecule has 1 saturated carbocycles. The smallest absolute Gasteiger partial charge is 0.260 e. The van der Waals surface area contributed by atoms with E-state index in [1.807, 2.05) is 55.5 Å². The van der Waals surface area contributed by atoms with Crippen molar-refractivity contribution >= 4 is 40.8 Å². The summed E-state index contributed by atoms with van der Waals surface area (Å²) in [6.45, 7) is 3.40. The Kier molecular flexibility index (Phi) is 7.33. The van der Waals surface area contributed by atoms with E-state index < -0.39 is 46.8 Å². The Bertz CT molecular complexity index is 2110. The third-order valence-electron chi connectivity index (χ3n) is 11.2. The highest BCUT2D eigenvalue weighted by Gasteiger charge is 2.70. The number of fused-ring (bicyclic) bond motifs is 4. The average Bonchev–Trinajstić information content (AvgIpc) is 3.50. The number of hydrazine groups is 1. The number of aryl methyl sites for hydroxylation is 1. The van der Waals surface area contributed by atoms with Crippen LogP contribution in [0.3, 0.4) is 0 Å². The van der Waals surface area contributed by atoms with Crippen molar-refractivity contribution in [3.8, 4) is 5.75 Å². The number of phenols is 1. The molecule has 50 heavy (non-hydrogen) atoms. The number of para-hydroxylation sites is 1. The van der Waals surface area contributed by atoms with Gasteiger partial charge in [0.1, 0.15) is 5.75 Å². The number of nitrogens with zero attached hydrogens (tertiary/aromatic N) is 2. The topological polar surface area (TPSA) is 124 Å². The van der Waals surface area contributed by atoms with Crippen LogP contribution in [0.1, 0.15) is 52.7 Å². The molecule has 3 fully saturated rings. The van der Waals surface area contributed by atoms with E-state index >= 15 is 4.79 Å². The highest BCUT2D eigenvalue weighted by atomic mass is 16.3. The molecule has 0 bridgehead atoms. The number of hydrogen-bond donors (Lipinski definition) is 2. The predicted octanol–water partition coefficient (Wildman–Crippen LogP) is 6.09. The SMILES string of the molecule is CC(=O)c1ccc(N2C(=O)[C@H]3[C@H](CC=C4[C@H]3C[C@H]3C(=O)N(Nc5ccc(C)cc5)C(=O)[C@@]3(c3ccccc3)[C@H]4c3ccccc3O)C2=O)cc1. The van der Waals surface area contributed by atoms with Crippen molar-refractivity contribution in [2.45, 2.75) is 38.0 Å². The van der Waals surface area contributed by atoms with Crippen LogP contribution in [-0.2, 0) is 24.6 Å². The van der Waals surface area contributed by atoms with Gasteiger partial charge in [-0.3, -0.25) is 34.3 Å². The fourth-order valence-corrected chi connectivity index (χ4v) is 8.92. The highest BCUT2D eigenvalue weighted by Crippen LogP contribution is 2.65.